The molecule has 2 heterocycles. The second kappa shape index (κ2) is 72.5. The zero-order valence-corrected chi connectivity index (χ0v) is 66.2. The number of rotatable bonds is 72. The molecule has 602 valence electrons. The lowest BCUT2D eigenvalue weighted by molar-refractivity contribution is -0.359. The van der Waals surface area contributed by atoms with Crippen molar-refractivity contribution in [1.82, 2.24) is 5.32 Å². The van der Waals surface area contributed by atoms with Crippen LogP contribution in [0.3, 0.4) is 0 Å². The Balaban J connectivity index is 1.60. The number of aliphatic hydroxyl groups is 8. The fourth-order valence-corrected chi connectivity index (χ4v) is 13.8. The number of ether oxygens (including phenoxy) is 4. The summed E-state index contributed by atoms with van der Waals surface area (Å²) in [5.41, 5.74) is 0. The van der Waals surface area contributed by atoms with Gasteiger partial charge in [0.15, 0.2) is 12.6 Å². The Labute approximate surface area is 636 Å². The molecule has 0 spiro atoms. The minimum Gasteiger partial charge on any atom is -0.394 e. The van der Waals surface area contributed by atoms with E-state index in [-0.39, 0.29) is 12.5 Å². The van der Waals surface area contributed by atoms with Crippen molar-refractivity contribution >= 4 is 5.91 Å². The van der Waals surface area contributed by atoms with Crippen molar-refractivity contribution in [2.24, 2.45) is 0 Å². The van der Waals surface area contributed by atoms with Crippen LogP contribution in [0.4, 0.5) is 0 Å². The first-order chi connectivity index (χ1) is 51.1. The number of allylic oxidation sites excluding steroid dienone is 18. The standard InChI is InChI=1S/C90H159NO13/c1-3-5-7-9-11-13-15-17-19-21-23-25-27-29-31-33-35-37-38-39-40-42-44-46-48-50-52-54-56-58-60-62-64-66-68-70-72-74-82(95)91-78(77-101-89-87(100)85(98)88(81(76-93)103-89)104-90-86(99)84(97)83(96)80(75-92)102-90)79(94)73-71-69-67-65-63-61-59-57-55-53-51-49-47-45-43-41-36-34-32-30-28-26-24-22-20-18-16-14-12-10-8-6-4-2/h5,7,11,13,17,19,23,25,29,31,35,37,39-40,44,46,50,52,78-81,83-90,92-94,96-100H,3-4,6,8-10,12,14-16,18,20-22,24,26-28,30,32-34,36,38,41-43,45,47-49,51,53-77H2,1-2H3,(H,91,95)/b7-5-,13-11-,19-17-,25-23-,31-29-,37-35-,40-39-,46-44-,52-50-. The largest absolute Gasteiger partial charge is 0.394 e. The molecule has 2 rings (SSSR count). The van der Waals surface area contributed by atoms with Gasteiger partial charge in [-0.25, -0.2) is 0 Å². The SMILES string of the molecule is CC/C=C\C/C=C\C/C=C\C/C=C\C/C=C\C/C=C\C/C=C\C/C=C\C/C=C\CCCCCCCCCCCC(=O)NC(COC1OC(CO)C(OC2OC(CO)C(O)C(O)C2O)C(O)C1O)C(O)CCCCCCCCCCCCCCCCCCCCCCCCCCCCCCCCCCC. The molecule has 0 aromatic carbocycles. The van der Waals surface area contributed by atoms with Gasteiger partial charge >= 0.3 is 0 Å². The van der Waals surface area contributed by atoms with Gasteiger partial charge in [-0.15, -0.1) is 0 Å². The van der Waals surface area contributed by atoms with Crippen LogP contribution in [0.25, 0.3) is 0 Å². The topological polar surface area (TPSA) is 228 Å². The quantitative estimate of drug-likeness (QED) is 0.0204. The number of amides is 1. The molecule has 2 saturated heterocycles. The van der Waals surface area contributed by atoms with E-state index in [0.717, 1.165) is 109 Å². The highest BCUT2D eigenvalue weighted by Gasteiger charge is 2.51. The monoisotopic (exact) mass is 1460 g/mol. The van der Waals surface area contributed by atoms with Crippen molar-refractivity contribution in [3.8, 4) is 0 Å². The van der Waals surface area contributed by atoms with Crippen molar-refractivity contribution < 1.29 is 64.6 Å². The van der Waals surface area contributed by atoms with E-state index in [0.29, 0.717) is 19.3 Å². The van der Waals surface area contributed by atoms with Gasteiger partial charge in [0.2, 0.25) is 5.91 Å². The normalized spacial score (nSPS) is 22.0. The van der Waals surface area contributed by atoms with E-state index in [2.05, 4.69) is 129 Å². The lowest BCUT2D eigenvalue weighted by Gasteiger charge is -2.46. The van der Waals surface area contributed by atoms with Crippen LogP contribution >= 0.6 is 0 Å². The summed E-state index contributed by atoms with van der Waals surface area (Å²) in [5.74, 6) is -0.212. The molecule has 0 saturated carbocycles. The molecule has 12 atom stereocenters. The molecule has 12 unspecified atom stereocenters. The predicted octanol–water partition coefficient (Wildman–Crippen LogP) is 20.6. The van der Waals surface area contributed by atoms with Crippen molar-refractivity contribution in [2.45, 2.75) is 434 Å². The van der Waals surface area contributed by atoms with Crippen molar-refractivity contribution in [3.05, 3.63) is 109 Å². The van der Waals surface area contributed by atoms with E-state index < -0.39 is 86.8 Å². The maximum Gasteiger partial charge on any atom is 0.220 e. The highest BCUT2D eigenvalue weighted by Crippen LogP contribution is 2.30. The first kappa shape index (κ1) is 96.7. The number of carbonyl (C=O) groups excluding carboxylic acids is 1. The number of nitrogens with one attached hydrogen (secondary N) is 1. The van der Waals surface area contributed by atoms with Crippen LogP contribution in [0.5, 0.6) is 0 Å². The van der Waals surface area contributed by atoms with E-state index in [1.807, 2.05) is 0 Å². The third kappa shape index (κ3) is 54.3. The van der Waals surface area contributed by atoms with Crippen molar-refractivity contribution in [2.75, 3.05) is 19.8 Å². The van der Waals surface area contributed by atoms with Crippen LogP contribution in [0, 0.1) is 0 Å². The minimum absolute atomic E-state index is 0.212. The van der Waals surface area contributed by atoms with Gasteiger partial charge in [0.25, 0.3) is 0 Å². The molecule has 0 aromatic rings. The fourth-order valence-electron chi connectivity index (χ4n) is 13.8. The maximum atomic E-state index is 13.4. The van der Waals surface area contributed by atoms with Gasteiger partial charge in [0.1, 0.15) is 48.8 Å². The van der Waals surface area contributed by atoms with Crippen molar-refractivity contribution in [3.63, 3.8) is 0 Å². The molecule has 2 aliphatic rings. The van der Waals surface area contributed by atoms with Crippen molar-refractivity contribution in [1.29, 1.82) is 0 Å². The molecule has 104 heavy (non-hydrogen) atoms. The van der Waals surface area contributed by atoms with Gasteiger partial charge in [-0.05, 0) is 83.5 Å². The molecule has 2 aliphatic heterocycles. The number of aliphatic hydroxyl groups excluding tert-OH is 8. The molecule has 14 heteroatoms. The first-order valence-electron chi connectivity index (χ1n) is 43.1. The Morgan fingerprint density at radius 2 is 0.663 bits per heavy atom. The maximum absolute atomic E-state index is 13.4. The second-order valence-electron chi connectivity index (χ2n) is 29.9. The predicted molar refractivity (Wildman–Crippen MR) is 433 cm³/mol. The summed E-state index contributed by atoms with van der Waals surface area (Å²) in [6.45, 7) is 2.79. The highest BCUT2D eigenvalue weighted by atomic mass is 16.7. The first-order valence-corrected chi connectivity index (χ1v) is 43.1. The van der Waals surface area contributed by atoms with E-state index in [4.69, 9.17) is 18.9 Å². The summed E-state index contributed by atoms with van der Waals surface area (Å²) in [6, 6.07) is -0.842. The summed E-state index contributed by atoms with van der Waals surface area (Å²) < 4.78 is 23.0. The Hall–Kier alpha value is -3.35. The molecular formula is C90H159NO13. The molecule has 0 bridgehead atoms. The Kier molecular flexibility index (Phi) is 67.4. The van der Waals surface area contributed by atoms with Crippen LogP contribution < -0.4 is 5.32 Å². The van der Waals surface area contributed by atoms with E-state index in [9.17, 15) is 45.6 Å². The lowest BCUT2D eigenvalue weighted by atomic mass is 9.97. The van der Waals surface area contributed by atoms with Gasteiger partial charge in [0, 0.05) is 6.42 Å². The molecular weight excluding hydrogens is 1300 g/mol. The minimum atomic E-state index is -1.79. The highest BCUT2D eigenvalue weighted by molar-refractivity contribution is 5.76. The molecule has 9 N–H and O–H groups in total. The third-order valence-electron chi connectivity index (χ3n) is 20.5. The number of unbranched alkanes of at least 4 members (excludes halogenated alkanes) is 41. The summed E-state index contributed by atoms with van der Waals surface area (Å²) in [5, 5.41) is 88.0. The molecule has 1 amide bonds. The van der Waals surface area contributed by atoms with E-state index in [1.165, 1.54) is 218 Å². The van der Waals surface area contributed by atoms with E-state index in [1.54, 1.807) is 0 Å². The smallest absolute Gasteiger partial charge is 0.220 e. The molecule has 0 aliphatic carbocycles. The number of hydrogen-bond donors (Lipinski definition) is 9. The number of carbonyl (C=O) groups is 1. The zero-order chi connectivity index (χ0) is 75.1. The Morgan fingerprint density at radius 3 is 1.02 bits per heavy atom. The van der Waals surface area contributed by atoms with Gasteiger partial charge in [0.05, 0.1) is 32.0 Å². The van der Waals surface area contributed by atoms with E-state index >= 15 is 0 Å². The Morgan fingerprint density at radius 1 is 0.356 bits per heavy atom. The molecule has 0 radical (unpaired) electrons. The van der Waals surface area contributed by atoms with Crippen LogP contribution in [0.15, 0.2) is 109 Å². The zero-order valence-electron chi connectivity index (χ0n) is 66.2. The van der Waals surface area contributed by atoms with Crippen LogP contribution in [0.2, 0.25) is 0 Å². The second-order valence-corrected chi connectivity index (χ2v) is 29.9. The average molecular weight is 1460 g/mol. The van der Waals surface area contributed by atoms with Gasteiger partial charge in [-0.3, -0.25) is 4.79 Å². The molecule has 2 fully saturated rings. The van der Waals surface area contributed by atoms with Gasteiger partial charge < -0.3 is 65.1 Å². The lowest BCUT2D eigenvalue weighted by Crippen LogP contribution is -2.65. The van der Waals surface area contributed by atoms with Crippen LogP contribution in [-0.2, 0) is 23.7 Å². The van der Waals surface area contributed by atoms with Crippen LogP contribution in [-0.4, -0.2) is 140 Å². The summed E-state index contributed by atoms with van der Waals surface area (Å²) in [4.78, 5) is 13.4. The van der Waals surface area contributed by atoms with Crippen LogP contribution in [0.1, 0.15) is 361 Å². The summed E-state index contributed by atoms with van der Waals surface area (Å²) >= 11 is 0. The van der Waals surface area contributed by atoms with Gasteiger partial charge in [-0.2, -0.15) is 0 Å². The fraction of sp³-hybridized carbons (Fsp3) is 0.789. The third-order valence-corrected chi connectivity index (χ3v) is 20.5. The van der Waals surface area contributed by atoms with Gasteiger partial charge in [-0.1, -0.05) is 380 Å². The molecule has 14 nitrogen and oxygen atoms in total. The summed E-state index contributed by atoms with van der Waals surface area (Å²) in [7, 11) is 0. The average Bonchev–Trinajstić information content (AvgIpc) is 0.790. The Bertz CT molecular complexity index is 2170. The summed E-state index contributed by atoms with van der Waals surface area (Å²) in [6.07, 6.45) is 88.5. The number of hydrogen-bond acceptors (Lipinski definition) is 13. The molecule has 0 aromatic heterocycles.